The molecule has 0 aromatic heterocycles. The van der Waals surface area contributed by atoms with Crippen LogP contribution in [-0.2, 0) is 21.5 Å². The van der Waals surface area contributed by atoms with Crippen molar-refractivity contribution < 1.29 is 29.2 Å². The van der Waals surface area contributed by atoms with Crippen molar-refractivity contribution in [3.05, 3.63) is 35.4 Å². The maximum absolute atomic E-state index is 10.6. The van der Waals surface area contributed by atoms with Gasteiger partial charge in [-0.25, -0.2) is 0 Å². The van der Waals surface area contributed by atoms with Gasteiger partial charge in [0.1, 0.15) is 6.10 Å². The van der Waals surface area contributed by atoms with E-state index >= 15 is 0 Å². The number of aliphatic carboxylic acids is 1. The summed E-state index contributed by atoms with van der Waals surface area (Å²) in [7, 11) is 3.80. The first kappa shape index (κ1) is 20.2. The van der Waals surface area contributed by atoms with E-state index < -0.39 is 12.3 Å². The highest BCUT2D eigenvalue weighted by Crippen LogP contribution is 2.55. The molecule has 158 valence electrons. The predicted octanol–water partition coefficient (Wildman–Crippen LogP) is 2.45. The number of carboxylic acids is 1. The summed E-state index contributed by atoms with van der Waals surface area (Å²) in [5, 5.41) is 18.9. The van der Waals surface area contributed by atoms with E-state index in [2.05, 4.69) is 24.1 Å². The summed E-state index contributed by atoms with van der Waals surface area (Å²) in [5.41, 5.74) is 2.28. The van der Waals surface area contributed by atoms with Crippen LogP contribution in [0.5, 0.6) is 11.5 Å². The van der Waals surface area contributed by atoms with E-state index in [0.717, 1.165) is 31.0 Å². The van der Waals surface area contributed by atoms with Crippen LogP contribution < -0.4 is 9.47 Å². The van der Waals surface area contributed by atoms with Crippen LogP contribution in [0.1, 0.15) is 43.2 Å². The SMILES string of the molecule is COc1ccc2c3c1OC1CC(OC(O)CCCC(=O)O)C=CC31CCN(C)C2. The summed E-state index contributed by atoms with van der Waals surface area (Å²) in [5.74, 6) is 0.719. The molecule has 0 saturated carbocycles. The first-order chi connectivity index (χ1) is 13.9. The van der Waals surface area contributed by atoms with Gasteiger partial charge in [-0.2, -0.15) is 0 Å². The number of methoxy groups -OCH3 is 1. The highest BCUT2D eigenvalue weighted by atomic mass is 16.6. The monoisotopic (exact) mass is 403 g/mol. The molecule has 7 heteroatoms. The van der Waals surface area contributed by atoms with Crippen molar-refractivity contribution in [3.63, 3.8) is 0 Å². The van der Waals surface area contributed by atoms with E-state index in [9.17, 15) is 9.90 Å². The van der Waals surface area contributed by atoms with Crippen LogP contribution in [0, 0.1) is 0 Å². The molecule has 1 aromatic carbocycles. The molecular formula is C22H29NO6. The lowest BCUT2D eigenvalue weighted by molar-refractivity contribution is -0.142. The molecule has 1 aromatic rings. The number of hydrogen-bond donors (Lipinski definition) is 2. The Bertz CT molecular complexity index is 809. The summed E-state index contributed by atoms with van der Waals surface area (Å²) < 4.78 is 17.8. The van der Waals surface area contributed by atoms with Gasteiger partial charge in [0.25, 0.3) is 0 Å². The summed E-state index contributed by atoms with van der Waals surface area (Å²) in [6, 6.07) is 4.11. The summed E-state index contributed by atoms with van der Waals surface area (Å²) in [6.07, 6.45) is 5.20. The normalized spacial score (nSPS) is 28.8. The van der Waals surface area contributed by atoms with Crippen molar-refractivity contribution in [2.45, 2.75) is 62.6 Å². The van der Waals surface area contributed by atoms with Crippen LogP contribution in [0.2, 0.25) is 0 Å². The van der Waals surface area contributed by atoms with Crippen molar-refractivity contribution in [3.8, 4) is 11.5 Å². The number of benzene rings is 1. The van der Waals surface area contributed by atoms with Gasteiger partial charge in [0.2, 0.25) is 0 Å². The fourth-order valence-electron chi connectivity index (χ4n) is 4.86. The molecule has 0 fully saturated rings. The predicted molar refractivity (Wildman–Crippen MR) is 106 cm³/mol. The zero-order valence-corrected chi connectivity index (χ0v) is 17.0. The van der Waals surface area contributed by atoms with E-state index in [1.807, 2.05) is 12.1 Å². The second-order valence-corrected chi connectivity index (χ2v) is 8.28. The summed E-state index contributed by atoms with van der Waals surface area (Å²) in [6.45, 7) is 1.84. The zero-order chi connectivity index (χ0) is 20.6. The van der Waals surface area contributed by atoms with Crippen molar-refractivity contribution in [1.82, 2.24) is 4.90 Å². The number of ether oxygens (including phenoxy) is 3. The van der Waals surface area contributed by atoms with Gasteiger partial charge in [0, 0.05) is 24.9 Å². The molecule has 1 spiro atoms. The van der Waals surface area contributed by atoms with Gasteiger partial charge in [0.05, 0.1) is 18.6 Å². The maximum atomic E-state index is 10.6. The van der Waals surface area contributed by atoms with E-state index in [-0.39, 0.29) is 24.0 Å². The molecule has 29 heavy (non-hydrogen) atoms. The van der Waals surface area contributed by atoms with Crippen LogP contribution in [0.15, 0.2) is 24.3 Å². The fourth-order valence-corrected chi connectivity index (χ4v) is 4.86. The van der Waals surface area contributed by atoms with Gasteiger partial charge >= 0.3 is 5.97 Å². The first-order valence-electron chi connectivity index (χ1n) is 10.2. The minimum Gasteiger partial charge on any atom is -0.493 e. The molecule has 4 rings (SSSR count). The molecule has 0 saturated heterocycles. The standard InChI is InChI=1S/C22H29NO6/c1-23-11-10-22-9-8-15(28-19(26)5-3-4-18(24)25)12-17(22)29-21-16(27-2)7-6-14(13-23)20(21)22/h6-9,15,17,19,26H,3-5,10-13H2,1-2H3,(H,24,25). The number of nitrogens with zero attached hydrogens (tertiary/aromatic N) is 1. The van der Waals surface area contributed by atoms with Crippen LogP contribution in [0.3, 0.4) is 0 Å². The Hall–Kier alpha value is -2.09. The third-order valence-electron chi connectivity index (χ3n) is 6.30. The molecule has 0 radical (unpaired) electrons. The van der Waals surface area contributed by atoms with Crippen LogP contribution in [-0.4, -0.2) is 60.3 Å². The number of aliphatic hydroxyl groups excluding tert-OH is 1. The maximum Gasteiger partial charge on any atom is 0.303 e. The van der Waals surface area contributed by atoms with Gasteiger partial charge < -0.3 is 29.3 Å². The zero-order valence-electron chi connectivity index (χ0n) is 17.0. The van der Waals surface area contributed by atoms with Crippen LogP contribution >= 0.6 is 0 Å². The number of rotatable bonds is 7. The number of hydrogen-bond acceptors (Lipinski definition) is 6. The minimum atomic E-state index is -0.979. The van der Waals surface area contributed by atoms with Crippen molar-refractivity contribution >= 4 is 5.97 Å². The average Bonchev–Trinajstić information content (AvgIpc) is 2.93. The lowest BCUT2D eigenvalue weighted by atomic mass is 9.69. The third-order valence-corrected chi connectivity index (χ3v) is 6.30. The Labute approximate surface area is 170 Å². The number of aliphatic hydroxyl groups is 1. The highest BCUT2D eigenvalue weighted by Gasteiger charge is 2.53. The van der Waals surface area contributed by atoms with Gasteiger partial charge in [-0.05, 0) is 44.5 Å². The largest absolute Gasteiger partial charge is 0.493 e. The average molecular weight is 403 g/mol. The Kier molecular flexibility index (Phi) is 5.55. The van der Waals surface area contributed by atoms with Gasteiger partial charge in [0.15, 0.2) is 17.8 Å². The molecule has 4 atom stereocenters. The lowest BCUT2D eigenvalue weighted by Crippen LogP contribution is -2.44. The molecule has 1 aliphatic carbocycles. The second kappa shape index (κ2) is 7.97. The van der Waals surface area contributed by atoms with Crippen LogP contribution in [0.25, 0.3) is 0 Å². The van der Waals surface area contributed by atoms with Gasteiger partial charge in [-0.3, -0.25) is 4.79 Å². The van der Waals surface area contributed by atoms with Crippen molar-refractivity contribution in [1.29, 1.82) is 0 Å². The topological polar surface area (TPSA) is 88.5 Å². The Morgan fingerprint density at radius 2 is 2.28 bits per heavy atom. The minimum absolute atomic E-state index is 0.0289. The molecule has 7 nitrogen and oxygen atoms in total. The molecule has 2 aliphatic heterocycles. The van der Waals surface area contributed by atoms with Crippen LogP contribution in [0.4, 0.5) is 0 Å². The molecule has 2 N–H and O–H groups in total. The first-order valence-corrected chi connectivity index (χ1v) is 10.2. The Morgan fingerprint density at radius 3 is 3.03 bits per heavy atom. The van der Waals surface area contributed by atoms with Crippen molar-refractivity contribution in [2.24, 2.45) is 0 Å². The van der Waals surface area contributed by atoms with E-state index in [1.54, 1.807) is 7.11 Å². The smallest absolute Gasteiger partial charge is 0.303 e. The molecular weight excluding hydrogens is 374 g/mol. The second-order valence-electron chi connectivity index (χ2n) is 8.28. The Morgan fingerprint density at radius 1 is 1.45 bits per heavy atom. The third kappa shape index (κ3) is 3.74. The molecule has 0 bridgehead atoms. The molecule has 0 amide bonds. The number of carboxylic acid groups (broad SMARTS) is 1. The fraction of sp³-hybridized carbons (Fsp3) is 0.591. The van der Waals surface area contributed by atoms with Crippen molar-refractivity contribution in [2.75, 3.05) is 20.7 Å². The Balaban J connectivity index is 1.55. The summed E-state index contributed by atoms with van der Waals surface area (Å²) in [4.78, 5) is 13.0. The van der Waals surface area contributed by atoms with E-state index in [1.165, 1.54) is 11.1 Å². The molecule has 4 unspecified atom stereocenters. The summed E-state index contributed by atoms with van der Waals surface area (Å²) >= 11 is 0. The molecule has 3 aliphatic rings. The van der Waals surface area contributed by atoms with E-state index in [0.29, 0.717) is 19.3 Å². The highest BCUT2D eigenvalue weighted by molar-refractivity contribution is 5.66. The van der Waals surface area contributed by atoms with E-state index in [4.69, 9.17) is 19.3 Å². The van der Waals surface area contributed by atoms with Gasteiger partial charge in [-0.1, -0.05) is 18.2 Å². The lowest BCUT2D eigenvalue weighted by Gasteiger charge is -2.37. The number of carbonyl (C=O) groups is 1. The molecule has 2 heterocycles. The van der Waals surface area contributed by atoms with Gasteiger partial charge in [-0.15, -0.1) is 0 Å². The quantitative estimate of drug-likeness (QED) is 0.534.